The summed E-state index contributed by atoms with van der Waals surface area (Å²) in [6.45, 7) is 4.90. The van der Waals surface area contributed by atoms with Gasteiger partial charge in [-0.3, -0.25) is 14.4 Å². The van der Waals surface area contributed by atoms with E-state index in [0.717, 1.165) is 0 Å². The van der Waals surface area contributed by atoms with Crippen molar-refractivity contribution in [3.05, 3.63) is 24.8 Å². The highest BCUT2D eigenvalue weighted by Crippen LogP contribution is 2.31. The fourth-order valence-electron chi connectivity index (χ4n) is 1.66. The Balaban J connectivity index is 5.00. The molecule has 0 aromatic heterocycles. The Hall–Kier alpha value is -2.11. The van der Waals surface area contributed by atoms with Crippen LogP contribution in [0.5, 0.6) is 0 Å². The van der Waals surface area contributed by atoms with E-state index in [2.05, 4.69) is 16.1 Å². The molecule has 6 heteroatoms. The van der Waals surface area contributed by atoms with Crippen molar-refractivity contribution >= 4 is 17.9 Å². The van der Waals surface area contributed by atoms with E-state index >= 15 is 0 Å². The Morgan fingerprint density at radius 3 is 2.05 bits per heavy atom. The molecule has 6 nitrogen and oxygen atoms in total. The van der Waals surface area contributed by atoms with Crippen molar-refractivity contribution < 1.29 is 28.6 Å². The van der Waals surface area contributed by atoms with E-state index in [1.807, 2.05) is 0 Å². The Kier molecular flexibility index (Phi) is 7.96. The molecule has 112 valence electrons. The zero-order valence-electron chi connectivity index (χ0n) is 12.0. The van der Waals surface area contributed by atoms with Gasteiger partial charge < -0.3 is 14.2 Å². The van der Waals surface area contributed by atoms with Crippen molar-refractivity contribution in [1.29, 1.82) is 0 Å². The van der Waals surface area contributed by atoms with Gasteiger partial charge in [0.25, 0.3) is 0 Å². The summed E-state index contributed by atoms with van der Waals surface area (Å²) >= 11 is 0. The smallest absolute Gasteiger partial charge is 0.323 e. The summed E-state index contributed by atoms with van der Waals surface area (Å²) in [7, 11) is 2.40. The summed E-state index contributed by atoms with van der Waals surface area (Å²) in [5.74, 6) is -1.80. The van der Waals surface area contributed by atoms with E-state index in [0.29, 0.717) is 0 Å². The first-order valence-electron chi connectivity index (χ1n) is 6.00. The summed E-state index contributed by atoms with van der Waals surface area (Å²) in [5, 5.41) is 0. The van der Waals surface area contributed by atoms with Gasteiger partial charge in [-0.05, 0) is 12.8 Å². The zero-order chi connectivity index (χ0) is 15.6. The second-order valence-electron chi connectivity index (χ2n) is 4.04. The van der Waals surface area contributed by atoms with Crippen LogP contribution in [-0.2, 0) is 28.6 Å². The van der Waals surface area contributed by atoms with Crippen LogP contribution in [0, 0.1) is 5.41 Å². The molecule has 0 saturated carbocycles. The average Bonchev–Trinajstić information content (AvgIpc) is 2.43. The summed E-state index contributed by atoms with van der Waals surface area (Å²) in [4.78, 5) is 34.4. The van der Waals surface area contributed by atoms with Gasteiger partial charge in [0.05, 0.1) is 14.2 Å². The SMILES string of the molecule is C=CCC(C/C=C/C[18O]C(C)=O)(C(=O)OC)C(=O)OC. The summed E-state index contributed by atoms with van der Waals surface area (Å²) in [6.07, 6.45) is 4.73. The summed E-state index contributed by atoms with van der Waals surface area (Å²) in [5.41, 5.74) is -1.46. The molecule has 0 fully saturated rings. The van der Waals surface area contributed by atoms with E-state index in [4.69, 9.17) is 4.74 Å². The fourth-order valence-corrected chi connectivity index (χ4v) is 1.66. The van der Waals surface area contributed by atoms with Crippen LogP contribution < -0.4 is 0 Å². The summed E-state index contributed by atoms with van der Waals surface area (Å²) < 4.78 is 14.1. The van der Waals surface area contributed by atoms with Crippen LogP contribution in [0.1, 0.15) is 19.8 Å². The number of ether oxygens (including phenoxy) is 3. The zero-order valence-corrected chi connectivity index (χ0v) is 12.0. The Labute approximate surface area is 118 Å². The van der Waals surface area contributed by atoms with Crippen molar-refractivity contribution in [2.24, 2.45) is 5.41 Å². The molecule has 0 bridgehead atoms. The molecule has 0 radical (unpaired) electrons. The van der Waals surface area contributed by atoms with Crippen molar-refractivity contribution in [3.8, 4) is 0 Å². The van der Waals surface area contributed by atoms with Crippen molar-refractivity contribution in [3.63, 3.8) is 0 Å². The van der Waals surface area contributed by atoms with Gasteiger partial charge in [-0.25, -0.2) is 0 Å². The van der Waals surface area contributed by atoms with Gasteiger partial charge in [0.2, 0.25) is 0 Å². The van der Waals surface area contributed by atoms with Crippen LogP contribution in [0.2, 0.25) is 0 Å². The van der Waals surface area contributed by atoms with Crippen molar-refractivity contribution in [2.75, 3.05) is 20.8 Å². The predicted octanol–water partition coefficient (Wildman–Crippen LogP) is 1.40. The van der Waals surface area contributed by atoms with Gasteiger partial charge in [-0.2, -0.15) is 0 Å². The standard InChI is InChI=1S/C14H20O6/c1-5-8-14(12(16)18-3,13(17)19-4)9-6-7-10-20-11(2)15/h5-7H,1,8-10H2,2-4H3/b7-6+/i20+2. The van der Waals surface area contributed by atoms with Crippen LogP contribution in [0.4, 0.5) is 0 Å². The first-order valence-corrected chi connectivity index (χ1v) is 6.00. The molecule has 0 aromatic rings. The normalized spacial score (nSPS) is 10.9. The van der Waals surface area contributed by atoms with Crippen molar-refractivity contribution in [1.82, 2.24) is 0 Å². The molecule has 20 heavy (non-hydrogen) atoms. The monoisotopic (exact) mass is 286 g/mol. The maximum absolute atomic E-state index is 11.9. The lowest BCUT2D eigenvalue weighted by atomic mass is 9.81. The van der Waals surface area contributed by atoms with E-state index in [1.54, 1.807) is 12.2 Å². The highest BCUT2D eigenvalue weighted by molar-refractivity contribution is 6.00. The highest BCUT2D eigenvalue weighted by Gasteiger charge is 2.46. The number of esters is 3. The first-order chi connectivity index (χ1) is 9.44. The molecule has 0 N–H and O–H groups in total. The van der Waals surface area contributed by atoms with Gasteiger partial charge in [0.1, 0.15) is 6.61 Å². The maximum atomic E-state index is 11.9. The summed E-state index contributed by atoms with van der Waals surface area (Å²) in [6, 6.07) is 0. The maximum Gasteiger partial charge on any atom is 0.323 e. The van der Waals surface area contributed by atoms with Crippen LogP contribution in [0.15, 0.2) is 24.8 Å². The number of carbonyl (C=O) groups is 3. The molecule has 0 spiro atoms. The number of rotatable bonds is 8. The topological polar surface area (TPSA) is 78.9 Å². The number of hydrogen-bond donors (Lipinski definition) is 0. The van der Waals surface area contributed by atoms with Crippen LogP contribution in [0.25, 0.3) is 0 Å². The van der Waals surface area contributed by atoms with Crippen LogP contribution in [0.3, 0.4) is 0 Å². The third-order valence-corrected chi connectivity index (χ3v) is 2.66. The number of carbonyl (C=O) groups excluding carboxylic acids is 3. The van der Waals surface area contributed by atoms with E-state index in [9.17, 15) is 14.4 Å². The number of allylic oxidation sites excluding steroid dienone is 2. The quantitative estimate of drug-likeness (QED) is 0.221. The third kappa shape index (κ3) is 4.87. The molecule has 0 amide bonds. The van der Waals surface area contributed by atoms with Crippen molar-refractivity contribution in [2.45, 2.75) is 19.8 Å². The lowest BCUT2D eigenvalue weighted by molar-refractivity contribution is -0.168. The van der Waals surface area contributed by atoms with Gasteiger partial charge in [0.15, 0.2) is 5.41 Å². The predicted molar refractivity (Wildman–Crippen MR) is 71.7 cm³/mol. The third-order valence-electron chi connectivity index (χ3n) is 2.66. The minimum atomic E-state index is -1.46. The van der Waals surface area contributed by atoms with Gasteiger partial charge in [-0.15, -0.1) is 6.58 Å². The average molecular weight is 286 g/mol. The number of hydrogen-bond acceptors (Lipinski definition) is 6. The van der Waals surface area contributed by atoms with Gasteiger partial charge >= 0.3 is 17.9 Å². The van der Waals surface area contributed by atoms with Crippen LogP contribution in [-0.4, -0.2) is 38.7 Å². The second kappa shape index (κ2) is 8.90. The fraction of sp³-hybridized carbons (Fsp3) is 0.500. The Bertz CT molecular complexity index is 380. The Morgan fingerprint density at radius 1 is 1.10 bits per heavy atom. The van der Waals surface area contributed by atoms with Gasteiger partial charge in [0, 0.05) is 6.92 Å². The molecule has 0 heterocycles. The first kappa shape index (κ1) is 17.9. The molecule has 0 aromatic carbocycles. The molecule has 0 atom stereocenters. The largest absolute Gasteiger partial charge is 0.468 e. The molecular weight excluding hydrogens is 266 g/mol. The minimum Gasteiger partial charge on any atom is -0.468 e. The molecule has 0 unspecified atom stereocenters. The molecule has 0 aliphatic carbocycles. The molecule has 0 aliphatic heterocycles. The van der Waals surface area contributed by atoms with E-state index in [1.165, 1.54) is 27.2 Å². The van der Waals surface area contributed by atoms with E-state index in [-0.39, 0.29) is 19.4 Å². The lowest BCUT2D eigenvalue weighted by Gasteiger charge is -2.25. The second-order valence-corrected chi connectivity index (χ2v) is 4.04. The molecule has 0 saturated heterocycles. The molecular formula is C14H20O6. The van der Waals surface area contributed by atoms with Gasteiger partial charge in [-0.1, -0.05) is 18.2 Å². The van der Waals surface area contributed by atoms with Crippen LogP contribution >= 0.6 is 0 Å². The number of methoxy groups -OCH3 is 2. The highest BCUT2D eigenvalue weighted by atomic mass is 18.3. The Morgan fingerprint density at radius 2 is 1.65 bits per heavy atom. The minimum absolute atomic E-state index is 0.0691. The van der Waals surface area contributed by atoms with E-state index < -0.39 is 23.3 Å². The molecule has 0 rings (SSSR count). The lowest BCUT2D eigenvalue weighted by Crippen LogP contribution is -2.40. The molecule has 0 aliphatic rings.